The normalized spacial score (nSPS) is 16.9. The highest BCUT2D eigenvalue weighted by atomic mass is 35.5. The Morgan fingerprint density at radius 1 is 0.841 bits per heavy atom. The van der Waals surface area contributed by atoms with E-state index in [9.17, 15) is 18.8 Å². The van der Waals surface area contributed by atoms with Gasteiger partial charge in [0.25, 0.3) is 5.91 Å². The van der Waals surface area contributed by atoms with E-state index in [1.807, 2.05) is 72.8 Å². The second-order valence-electron chi connectivity index (χ2n) is 15.8. The molecule has 63 heavy (non-hydrogen) atoms. The Morgan fingerprint density at radius 3 is 2.19 bits per heavy atom. The molecule has 9 nitrogen and oxygen atoms in total. The first kappa shape index (κ1) is 43.4. The SMILES string of the molecule is CC[C@@H](c1ccccc1)N1Cc2cc3c(cc2C[C@H]1C(=O)NC(Cc1ccc(-c2ccc(F)cc2)cc1)C(=O)OC)N(C)C(=O)[C@@H](c1ccc(OCc2ccc(Cl)c(Cl)c2)cc1)O3. The summed E-state index contributed by atoms with van der Waals surface area (Å²) in [7, 11) is 3.04. The number of halogens is 3. The number of ether oxygens (including phenoxy) is 3. The Labute approximate surface area is 376 Å². The van der Waals surface area contributed by atoms with Crippen LogP contribution in [0.1, 0.15) is 58.9 Å². The van der Waals surface area contributed by atoms with Gasteiger partial charge in [0.1, 0.15) is 30.0 Å². The van der Waals surface area contributed by atoms with Crippen molar-refractivity contribution >= 4 is 46.7 Å². The monoisotopic (exact) mass is 885 g/mol. The van der Waals surface area contributed by atoms with Crippen molar-refractivity contribution in [2.45, 2.75) is 63.6 Å². The number of rotatable bonds is 13. The van der Waals surface area contributed by atoms with E-state index < -0.39 is 24.2 Å². The van der Waals surface area contributed by atoms with Crippen LogP contribution in [0, 0.1) is 5.82 Å². The van der Waals surface area contributed by atoms with Gasteiger partial charge in [0.05, 0.1) is 28.9 Å². The number of nitrogens with zero attached hydrogens (tertiary/aromatic N) is 2. The summed E-state index contributed by atoms with van der Waals surface area (Å²) in [5.74, 6) is -0.234. The number of hydrogen-bond donors (Lipinski definition) is 1. The maximum Gasteiger partial charge on any atom is 0.328 e. The lowest BCUT2D eigenvalue weighted by Gasteiger charge is -2.42. The molecular weight excluding hydrogens is 840 g/mol. The van der Waals surface area contributed by atoms with Crippen LogP contribution in [0.15, 0.2) is 133 Å². The average molecular weight is 887 g/mol. The molecule has 2 heterocycles. The van der Waals surface area contributed by atoms with E-state index in [-0.39, 0.29) is 30.1 Å². The highest BCUT2D eigenvalue weighted by Crippen LogP contribution is 2.43. The zero-order chi connectivity index (χ0) is 44.2. The smallest absolute Gasteiger partial charge is 0.328 e. The van der Waals surface area contributed by atoms with E-state index in [1.165, 1.54) is 19.2 Å². The zero-order valence-corrected chi connectivity index (χ0v) is 36.5. The minimum Gasteiger partial charge on any atom is -0.489 e. The Bertz CT molecular complexity index is 2610. The van der Waals surface area contributed by atoms with Crippen molar-refractivity contribution in [2.75, 3.05) is 19.1 Å². The summed E-state index contributed by atoms with van der Waals surface area (Å²) in [5.41, 5.74) is 7.68. The van der Waals surface area contributed by atoms with Gasteiger partial charge in [0.2, 0.25) is 12.0 Å². The molecule has 2 aliphatic rings. The lowest BCUT2D eigenvalue weighted by atomic mass is 9.88. The number of amides is 2. The first-order chi connectivity index (χ1) is 30.5. The Morgan fingerprint density at radius 2 is 1.52 bits per heavy atom. The number of likely N-dealkylation sites (N-methyl/N-ethyl adjacent to an activating group) is 1. The van der Waals surface area contributed by atoms with E-state index >= 15 is 0 Å². The topological polar surface area (TPSA) is 97.4 Å². The maximum atomic E-state index is 14.6. The minimum absolute atomic E-state index is 0.128. The highest BCUT2D eigenvalue weighted by molar-refractivity contribution is 6.42. The van der Waals surface area contributed by atoms with Crippen LogP contribution < -0.4 is 19.7 Å². The number of benzene rings is 6. The quantitative estimate of drug-likeness (QED) is 0.115. The van der Waals surface area contributed by atoms with Crippen molar-refractivity contribution in [2.24, 2.45) is 0 Å². The maximum absolute atomic E-state index is 14.6. The van der Waals surface area contributed by atoms with Gasteiger partial charge in [-0.3, -0.25) is 14.5 Å². The molecule has 2 amide bonds. The van der Waals surface area contributed by atoms with Crippen LogP contribution in [-0.4, -0.2) is 48.9 Å². The molecule has 2 aliphatic heterocycles. The fourth-order valence-corrected chi connectivity index (χ4v) is 8.74. The lowest BCUT2D eigenvalue weighted by Crippen LogP contribution is -2.55. The van der Waals surface area contributed by atoms with Gasteiger partial charge in [0.15, 0.2) is 0 Å². The molecule has 8 rings (SSSR count). The number of carbonyl (C=O) groups excluding carboxylic acids is 3. The van der Waals surface area contributed by atoms with E-state index in [1.54, 1.807) is 48.3 Å². The molecule has 0 aliphatic carbocycles. The van der Waals surface area contributed by atoms with E-state index in [0.717, 1.165) is 45.4 Å². The molecule has 4 atom stereocenters. The summed E-state index contributed by atoms with van der Waals surface area (Å²) in [4.78, 5) is 45.6. The van der Waals surface area contributed by atoms with Gasteiger partial charge in [0, 0.05) is 31.6 Å². The highest BCUT2D eigenvalue weighted by Gasteiger charge is 2.40. The van der Waals surface area contributed by atoms with Gasteiger partial charge in [-0.25, -0.2) is 9.18 Å². The van der Waals surface area contributed by atoms with Crippen molar-refractivity contribution < 1.29 is 33.0 Å². The van der Waals surface area contributed by atoms with Gasteiger partial charge in [-0.2, -0.15) is 0 Å². The molecule has 0 radical (unpaired) electrons. The summed E-state index contributed by atoms with van der Waals surface area (Å²) >= 11 is 12.2. The predicted molar refractivity (Wildman–Crippen MR) is 242 cm³/mol. The van der Waals surface area contributed by atoms with Crippen LogP contribution in [0.5, 0.6) is 11.5 Å². The number of methoxy groups -OCH3 is 1. The summed E-state index contributed by atoms with van der Waals surface area (Å²) in [5, 5.41) is 3.98. The summed E-state index contributed by atoms with van der Waals surface area (Å²) < 4.78 is 31.2. The molecule has 12 heteroatoms. The van der Waals surface area contributed by atoms with Crippen LogP contribution in [0.2, 0.25) is 10.0 Å². The molecule has 6 aromatic rings. The molecule has 322 valence electrons. The Balaban J connectivity index is 1.03. The number of fused-ring (bicyclic) bond motifs is 2. The Hall–Kier alpha value is -6.20. The van der Waals surface area contributed by atoms with Crippen molar-refractivity contribution in [3.63, 3.8) is 0 Å². The average Bonchev–Trinajstić information content (AvgIpc) is 3.30. The van der Waals surface area contributed by atoms with Crippen LogP contribution in [0.25, 0.3) is 11.1 Å². The molecule has 1 N–H and O–H groups in total. The molecule has 0 fully saturated rings. The van der Waals surface area contributed by atoms with Crippen molar-refractivity contribution in [1.29, 1.82) is 0 Å². The first-order valence-electron chi connectivity index (χ1n) is 20.8. The summed E-state index contributed by atoms with van der Waals surface area (Å²) in [6.45, 7) is 2.80. The third kappa shape index (κ3) is 9.59. The van der Waals surface area contributed by atoms with Gasteiger partial charge >= 0.3 is 5.97 Å². The number of anilines is 1. The fourth-order valence-electron chi connectivity index (χ4n) is 8.42. The number of hydrogen-bond acceptors (Lipinski definition) is 7. The molecule has 1 unspecified atom stereocenters. The van der Waals surface area contributed by atoms with Gasteiger partial charge in [-0.1, -0.05) is 115 Å². The zero-order valence-electron chi connectivity index (χ0n) is 35.0. The lowest BCUT2D eigenvalue weighted by molar-refractivity contribution is -0.146. The van der Waals surface area contributed by atoms with Crippen LogP contribution in [-0.2, 0) is 45.1 Å². The van der Waals surface area contributed by atoms with E-state index in [2.05, 4.69) is 29.3 Å². The van der Waals surface area contributed by atoms with Crippen LogP contribution >= 0.6 is 23.2 Å². The standard InChI is InChI=1S/C51H46Cl2FN3O6/c1-4-44(35-8-6-5-7-9-35)57-29-38-28-47-45(56(2)50(59)48(63-47)36-17-21-40(22-18-36)62-30-32-12-23-41(52)42(53)24-32)26-37(38)27-46(57)49(58)55-43(51(60)61-3)25-31-10-13-33(14-11-31)34-15-19-39(54)20-16-34/h5-24,26,28,43-44,46,48H,4,25,27,29-30H2,1-3H3,(H,55,58)/t43?,44-,46-,48+/m0/s1. The van der Waals surface area contributed by atoms with Crippen molar-refractivity contribution in [3.8, 4) is 22.6 Å². The number of nitrogens with one attached hydrogen (secondary N) is 1. The van der Waals surface area contributed by atoms with Crippen molar-refractivity contribution in [1.82, 2.24) is 10.2 Å². The predicted octanol–water partition coefficient (Wildman–Crippen LogP) is 10.3. The van der Waals surface area contributed by atoms with Crippen molar-refractivity contribution in [3.05, 3.63) is 183 Å². The molecule has 0 saturated heterocycles. The van der Waals surface area contributed by atoms with E-state index in [4.69, 9.17) is 37.4 Å². The molecule has 0 saturated carbocycles. The summed E-state index contributed by atoms with van der Waals surface area (Å²) in [6, 6.07) is 38.7. The van der Waals surface area contributed by atoms with Crippen LogP contribution in [0.3, 0.4) is 0 Å². The molecular formula is C51H46Cl2FN3O6. The fraction of sp³-hybridized carbons (Fsp3) is 0.235. The second kappa shape index (κ2) is 19.0. The molecule has 6 aromatic carbocycles. The largest absolute Gasteiger partial charge is 0.489 e. The van der Waals surface area contributed by atoms with Gasteiger partial charge in [-0.15, -0.1) is 0 Å². The first-order valence-corrected chi connectivity index (χ1v) is 21.6. The number of esters is 1. The number of carbonyl (C=O) groups is 3. The second-order valence-corrected chi connectivity index (χ2v) is 16.6. The van der Waals surface area contributed by atoms with Gasteiger partial charge < -0.3 is 24.4 Å². The molecule has 0 aromatic heterocycles. The summed E-state index contributed by atoms with van der Waals surface area (Å²) in [6.07, 6.45) is 0.365. The van der Waals surface area contributed by atoms with Gasteiger partial charge in [-0.05, 0) is 100 Å². The third-order valence-electron chi connectivity index (χ3n) is 11.8. The van der Waals surface area contributed by atoms with E-state index in [0.29, 0.717) is 52.4 Å². The third-order valence-corrected chi connectivity index (χ3v) is 12.6. The molecule has 0 spiro atoms. The molecule has 0 bridgehead atoms. The Kier molecular flexibility index (Phi) is 13.1. The minimum atomic E-state index is -0.958. The van der Waals surface area contributed by atoms with Crippen LogP contribution in [0.4, 0.5) is 10.1 Å².